The van der Waals surface area contributed by atoms with E-state index in [1.807, 2.05) is 0 Å². The van der Waals surface area contributed by atoms with Gasteiger partial charge in [0.05, 0.1) is 0 Å². The van der Waals surface area contributed by atoms with E-state index in [-0.39, 0.29) is 0 Å². The third-order valence-corrected chi connectivity index (χ3v) is 5.50. The second kappa shape index (κ2) is 5.60. The van der Waals surface area contributed by atoms with Crippen molar-refractivity contribution in [2.24, 2.45) is 5.92 Å². The van der Waals surface area contributed by atoms with Gasteiger partial charge in [0.2, 0.25) is 0 Å². The molecule has 120 valence electrons. The highest BCUT2D eigenvalue weighted by molar-refractivity contribution is 6.07. The minimum absolute atomic E-state index is 0.546. The Bertz CT molecular complexity index is 971. The first-order valence-corrected chi connectivity index (χ1v) is 9.04. The molecule has 2 aliphatic carbocycles. The van der Waals surface area contributed by atoms with Crippen molar-refractivity contribution in [2.75, 3.05) is 0 Å². The first kappa shape index (κ1) is 14.5. The van der Waals surface area contributed by atoms with Crippen molar-refractivity contribution in [2.45, 2.75) is 13.3 Å². The van der Waals surface area contributed by atoms with E-state index in [2.05, 4.69) is 91.9 Å². The molecule has 0 saturated carbocycles. The molecule has 0 saturated heterocycles. The summed E-state index contributed by atoms with van der Waals surface area (Å²) in [7, 11) is 0. The van der Waals surface area contributed by atoms with Crippen LogP contribution in [-0.2, 0) is 0 Å². The molecule has 5 rings (SSSR count). The van der Waals surface area contributed by atoms with Gasteiger partial charge in [-0.25, -0.2) is 0 Å². The summed E-state index contributed by atoms with van der Waals surface area (Å²) in [6, 6.07) is 28.5. The lowest BCUT2D eigenvalue weighted by atomic mass is 9.87. The van der Waals surface area contributed by atoms with Crippen LogP contribution in [-0.4, -0.2) is 0 Å². The first-order valence-electron chi connectivity index (χ1n) is 9.04. The van der Waals surface area contributed by atoms with Crippen LogP contribution in [0, 0.1) is 5.92 Å². The maximum absolute atomic E-state index is 2.42. The third kappa shape index (κ3) is 2.14. The minimum atomic E-state index is 0.546. The average molecular weight is 320 g/mol. The van der Waals surface area contributed by atoms with Gasteiger partial charge in [0.15, 0.2) is 0 Å². The summed E-state index contributed by atoms with van der Waals surface area (Å²) in [5.74, 6) is 0.546. The molecule has 0 aliphatic heterocycles. The van der Waals surface area contributed by atoms with Crippen LogP contribution in [0.5, 0.6) is 0 Å². The number of hydrogen-bond acceptors (Lipinski definition) is 0. The first-order chi connectivity index (χ1) is 12.3. The normalized spacial score (nSPS) is 18.1. The Hall–Kier alpha value is -2.86. The van der Waals surface area contributed by atoms with Crippen LogP contribution >= 0.6 is 0 Å². The van der Waals surface area contributed by atoms with Crippen LogP contribution in [0.3, 0.4) is 0 Å². The summed E-state index contributed by atoms with van der Waals surface area (Å²) in [5.41, 5.74) is 11.2. The Balaban J connectivity index is 1.83. The van der Waals surface area contributed by atoms with Crippen LogP contribution in [0.4, 0.5) is 0 Å². The fraction of sp³-hybridized carbons (Fsp3) is 0.120. The van der Waals surface area contributed by atoms with Crippen molar-refractivity contribution in [3.05, 3.63) is 107 Å². The zero-order valence-corrected chi connectivity index (χ0v) is 14.4. The quantitative estimate of drug-likeness (QED) is 0.371. The molecule has 0 bridgehead atoms. The maximum Gasteiger partial charge on any atom is -0.00579 e. The predicted molar refractivity (Wildman–Crippen MR) is 106 cm³/mol. The zero-order valence-electron chi connectivity index (χ0n) is 14.4. The fourth-order valence-corrected chi connectivity index (χ4v) is 4.37. The predicted octanol–water partition coefficient (Wildman–Crippen LogP) is 6.59. The Morgan fingerprint density at radius 3 is 1.76 bits per heavy atom. The highest BCUT2D eigenvalue weighted by Gasteiger charge is 2.31. The fourth-order valence-electron chi connectivity index (χ4n) is 4.37. The Labute approximate surface area is 149 Å². The van der Waals surface area contributed by atoms with Crippen LogP contribution in [0.15, 0.2) is 90.5 Å². The molecule has 1 atom stereocenters. The lowest BCUT2D eigenvalue weighted by Crippen LogP contribution is -1.99. The van der Waals surface area contributed by atoms with E-state index in [1.165, 1.54) is 44.5 Å². The summed E-state index contributed by atoms with van der Waals surface area (Å²) in [6.45, 7) is 2.36. The van der Waals surface area contributed by atoms with Crippen molar-refractivity contribution in [1.82, 2.24) is 0 Å². The van der Waals surface area contributed by atoms with Crippen molar-refractivity contribution in [1.29, 1.82) is 0 Å². The van der Waals surface area contributed by atoms with Crippen LogP contribution < -0.4 is 0 Å². The van der Waals surface area contributed by atoms with Crippen molar-refractivity contribution in [3.8, 4) is 11.1 Å². The van der Waals surface area contributed by atoms with E-state index in [1.54, 1.807) is 0 Å². The molecule has 3 aromatic rings. The smallest absolute Gasteiger partial charge is 0.00579 e. The lowest BCUT2D eigenvalue weighted by Gasteiger charge is -2.17. The Morgan fingerprint density at radius 2 is 1.16 bits per heavy atom. The summed E-state index contributed by atoms with van der Waals surface area (Å²) in [5, 5.41) is 0. The number of fused-ring (bicyclic) bond motifs is 3. The van der Waals surface area contributed by atoms with Crippen molar-refractivity contribution >= 4 is 11.1 Å². The van der Waals surface area contributed by atoms with Gasteiger partial charge in [-0.05, 0) is 56.9 Å². The standard InChI is InChI=1S/C25H20/c1-17-15-16-19(18-9-3-2-4-10-18)24(17)25-22-13-7-5-11-20(22)21-12-6-8-14-23(21)25/h2-14,16-17H,15H2,1H3. The molecule has 25 heavy (non-hydrogen) atoms. The SMILES string of the molecule is CC1CC=C(c2ccccc2)C1=C1c2ccccc2-c2ccccc21. The van der Waals surface area contributed by atoms with Gasteiger partial charge >= 0.3 is 0 Å². The number of allylic oxidation sites excluding steroid dienone is 3. The van der Waals surface area contributed by atoms with Crippen molar-refractivity contribution in [3.63, 3.8) is 0 Å². The molecular weight excluding hydrogens is 300 g/mol. The highest BCUT2D eigenvalue weighted by atomic mass is 14.3. The van der Waals surface area contributed by atoms with Crippen LogP contribution in [0.1, 0.15) is 30.0 Å². The average Bonchev–Trinajstić information content (AvgIpc) is 3.20. The van der Waals surface area contributed by atoms with Gasteiger partial charge in [0, 0.05) is 0 Å². The molecule has 0 spiro atoms. The zero-order chi connectivity index (χ0) is 16.8. The minimum Gasteiger partial charge on any atom is -0.0758 e. The number of hydrogen-bond donors (Lipinski definition) is 0. The molecule has 1 unspecified atom stereocenters. The van der Waals surface area contributed by atoms with Crippen LogP contribution in [0.2, 0.25) is 0 Å². The van der Waals surface area contributed by atoms with Gasteiger partial charge < -0.3 is 0 Å². The number of benzene rings is 3. The maximum atomic E-state index is 2.42. The largest absolute Gasteiger partial charge is 0.0758 e. The molecular formula is C25H20. The molecule has 0 fully saturated rings. The van der Waals surface area contributed by atoms with E-state index >= 15 is 0 Å². The molecule has 0 heteroatoms. The molecule has 0 radical (unpaired) electrons. The summed E-state index contributed by atoms with van der Waals surface area (Å²) in [4.78, 5) is 0. The van der Waals surface area contributed by atoms with Gasteiger partial charge in [-0.2, -0.15) is 0 Å². The topological polar surface area (TPSA) is 0 Å². The van der Waals surface area contributed by atoms with Crippen LogP contribution in [0.25, 0.3) is 22.3 Å². The van der Waals surface area contributed by atoms with Gasteiger partial charge in [0.25, 0.3) is 0 Å². The monoisotopic (exact) mass is 320 g/mol. The summed E-state index contributed by atoms with van der Waals surface area (Å²) < 4.78 is 0. The molecule has 3 aromatic carbocycles. The summed E-state index contributed by atoms with van der Waals surface area (Å²) in [6.07, 6.45) is 3.54. The second-order valence-electron chi connectivity index (χ2n) is 7.00. The van der Waals surface area contributed by atoms with E-state index in [4.69, 9.17) is 0 Å². The van der Waals surface area contributed by atoms with Crippen molar-refractivity contribution < 1.29 is 0 Å². The molecule has 0 aromatic heterocycles. The van der Waals surface area contributed by atoms with Gasteiger partial charge in [-0.3, -0.25) is 0 Å². The molecule has 2 aliphatic rings. The number of rotatable bonds is 1. The third-order valence-electron chi connectivity index (χ3n) is 5.50. The lowest BCUT2D eigenvalue weighted by molar-refractivity contribution is 0.746. The molecule has 0 heterocycles. The van der Waals surface area contributed by atoms with E-state index < -0.39 is 0 Å². The second-order valence-corrected chi connectivity index (χ2v) is 7.00. The van der Waals surface area contributed by atoms with E-state index in [0.717, 1.165) is 6.42 Å². The van der Waals surface area contributed by atoms with E-state index in [0.29, 0.717) is 5.92 Å². The Morgan fingerprint density at radius 1 is 0.640 bits per heavy atom. The van der Waals surface area contributed by atoms with Gasteiger partial charge in [-0.15, -0.1) is 0 Å². The van der Waals surface area contributed by atoms with Gasteiger partial charge in [0.1, 0.15) is 0 Å². The molecule has 0 N–H and O–H groups in total. The molecule has 0 nitrogen and oxygen atoms in total. The van der Waals surface area contributed by atoms with E-state index in [9.17, 15) is 0 Å². The summed E-state index contributed by atoms with van der Waals surface area (Å²) >= 11 is 0. The van der Waals surface area contributed by atoms with Gasteiger partial charge in [-0.1, -0.05) is 91.9 Å². The highest BCUT2D eigenvalue weighted by Crippen LogP contribution is 2.51. The Kier molecular flexibility index (Phi) is 3.24. The molecule has 0 amide bonds.